The molecule has 4 rings (SSSR count). The smallest absolute Gasteiger partial charge is 0.247 e. The number of hydrogen-bond donors (Lipinski definition) is 1. The molecule has 1 N–H and O–H groups in total. The van der Waals surface area contributed by atoms with Crippen molar-refractivity contribution in [3.63, 3.8) is 0 Å². The molecule has 1 atom stereocenters. The normalized spacial score (nSPS) is 28.3. The van der Waals surface area contributed by atoms with E-state index in [0.29, 0.717) is 31.4 Å². The minimum absolute atomic E-state index is 0.107. The van der Waals surface area contributed by atoms with E-state index in [-0.39, 0.29) is 17.5 Å². The second-order valence-electron chi connectivity index (χ2n) is 6.48. The van der Waals surface area contributed by atoms with Gasteiger partial charge in [-0.25, -0.2) is 8.42 Å². The van der Waals surface area contributed by atoms with Crippen molar-refractivity contribution < 1.29 is 17.9 Å². The molecule has 0 amide bonds. The number of nitrogens with zero attached hydrogens (tertiary/aromatic N) is 4. The van der Waals surface area contributed by atoms with E-state index in [9.17, 15) is 8.42 Å². The predicted octanol–water partition coefficient (Wildman–Crippen LogP) is -0.186. The molecule has 1 aromatic rings. The summed E-state index contributed by atoms with van der Waals surface area (Å²) in [6.07, 6.45) is 3.68. The molecule has 0 aliphatic carbocycles. The summed E-state index contributed by atoms with van der Waals surface area (Å²) < 4.78 is 34.5. The summed E-state index contributed by atoms with van der Waals surface area (Å²) >= 11 is 0. The Kier molecular flexibility index (Phi) is 4.05. The van der Waals surface area contributed by atoms with Crippen molar-refractivity contribution in [3.8, 4) is 0 Å². The van der Waals surface area contributed by atoms with Gasteiger partial charge >= 0.3 is 0 Å². The fourth-order valence-corrected chi connectivity index (χ4v) is 5.12. The second kappa shape index (κ2) is 6.08. The molecule has 0 bridgehead atoms. The number of aromatic nitrogens is 3. The highest BCUT2D eigenvalue weighted by molar-refractivity contribution is 7.91. The van der Waals surface area contributed by atoms with Crippen LogP contribution in [0.1, 0.15) is 19.3 Å². The molecular weight excluding hydrogens is 334 g/mol. The molecule has 9 nitrogen and oxygen atoms in total. The molecule has 3 fully saturated rings. The summed E-state index contributed by atoms with van der Waals surface area (Å²) in [7, 11) is -2.92. The van der Waals surface area contributed by atoms with Crippen LogP contribution in [0.25, 0.3) is 0 Å². The highest BCUT2D eigenvalue weighted by atomic mass is 32.2. The molecule has 0 saturated carbocycles. The number of piperidine rings is 1. The van der Waals surface area contributed by atoms with Gasteiger partial charge in [-0.3, -0.25) is 0 Å². The summed E-state index contributed by atoms with van der Waals surface area (Å²) in [5, 5.41) is 11.3. The monoisotopic (exact) mass is 355 g/mol. The maximum absolute atomic E-state index is 11.5. The maximum atomic E-state index is 11.5. The topological polar surface area (TPSA) is 107 Å². The minimum atomic E-state index is -2.92. The summed E-state index contributed by atoms with van der Waals surface area (Å²) in [6, 6.07) is -0.107. The average molecular weight is 355 g/mol. The quantitative estimate of drug-likeness (QED) is 0.789. The fraction of sp³-hybridized carbons (Fsp3) is 0.786. The Bertz CT molecular complexity index is 697. The van der Waals surface area contributed by atoms with Gasteiger partial charge in [0.2, 0.25) is 5.95 Å². The number of rotatable bonds is 3. The van der Waals surface area contributed by atoms with Gasteiger partial charge in [0.1, 0.15) is 0 Å². The zero-order chi connectivity index (χ0) is 16.6. The van der Waals surface area contributed by atoms with Gasteiger partial charge in [0, 0.05) is 32.0 Å². The van der Waals surface area contributed by atoms with Crippen LogP contribution >= 0.6 is 0 Å². The lowest BCUT2D eigenvalue weighted by Crippen LogP contribution is -2.45. The van der Waals surface area contributed by atoms with Crippen molar-refractivity contribution >= 4 is 21.6 Å². The minimum Gasteiger partial charge on any atom is -0.365 e. The molecule has 0 radical (unpaired) electrons. The Morgan fingerprint density at radius 1 is 1.25 bits per heavy atom. The lowest BCUT2D eigenvalue weighted by molar-refractivity contribution is -0.169. The Hall–Kier alpha value is -1.52. The molecule has 24 heavy (non-hydrogen) atoms. The van der Waals surface area contributed by atoms with E-state index in [1.165, 1.54) is 6.20 Å². The molecule has 3 aliphatic rings. The van der Waals surface area contributed by atoms with E-state index in [1.54, 1.807) is 0 Å². The van der Waals surface area contributed by atoms with Crippen LogP contribution in [-0.2, 0) is 19.3 Å². The Morgan fingerprint density at radius 2 is 2.00 bits per heavy atom. The number of anilines is 2. The maximum Gasteiger partial charge on any atom is 0.247 e. The van der Waals surface area contributed by atoms with Gasteiger partial charge in [-0.2, -0.15) is 10.1 Å². The molecule has 0 aromatic carbocycles. The first-order chi connectivity index (χ1) is 11.5. The van der Waals surface area contributed by atoms with Crippen LogP contribution in [0.15, 0.2) is 6.20 Å². The first-order valence-electron chi connectivity index (χ1n) is 8.23. The van der Waals surface area contributed by atoms with Gasteiger partial charge in [0.05, 0.1) is 30.9 Å². The van der Waals surface area contributed by atoms with Crippen molar-refractivity contribution in [1.82, 2.24) is 15.2 Å². The van der Waals surface area contributed by atoms with Crippen molar-refractivity contribution in [2.45, 2.75) is 31.1 Å². The van der Waals surface area contributed by atoms with Crippen LogP contribution in [-0.4, -0.2) is 73.2 Å². The molecule has 1 spiro atoms. The van der Waals surface area contributed by atoms with E-state index in [1.807, 2.05) is 0 Å². The highest BCUT2D eigenvalue weighted by Crippen LogP contribution is 2.32. The molecule has 10 heteroatoms. The van der Waals surface area contributed by atoms with Crippen LogP contribution in [0.5, 0.6) is 0 Å². The Morgan fingerprint density at radius 3 is 2.67 bits per heavy atom. The van der Waals surface area contributed by atoms with E-state index in [2.05, 4.69) is 25.4 Å². The summed E-state index contributed by atoms with van der Waals surface area (Å²) in [5.41, 5.74) is 0. The second-order valence-corrected chi connectivity index (χ2v) is 8.71. The number of sulfone groups is 1. The van der Waals surface area contributed by atoms with Crippen LogP contribution in [0.3, 0.4) is 0 Å². The standard InChI is InChI=1S/C14H21N5O4S/c20-24(21)8-1-11(10-24)16-12-9-15-18-13(17-12)19-4-2-14(3-5-19)22-6-7-23-14/h9,11H,1-8,10H2,(H,16,17,18). The third-order valence-corrected chi connectivity index (χ3v) is 6.52. The average Bonchev–Trinajstić information content (AvgIpc) is 3.15. The molecular formula is C14H21N5O4S. The third-order valence-electron chi connectivity index (χ3n) is 4.75. The summed E-state index contributed by atoms with van der Waals surface area (Å²) in [6.45, 7) is 2.79. The van der Waals surface area contributed by atoms with Gasteiger partial charge in [-0.05, 0) is 6.42 Å². The molecule has 3 aliphatic heterocycles. The van der Waals surface area contributed by atoms with E-state index >= 15 is 0 Å². The number of ether oxygens (including phenoxy) is 2. The number of nitrogens with one attached hydrogen (secondary N) is 1. The zero-order valence-corrected chi connectivity index (χ0v) is 14.2. The van der Waals surface area contributed by atoms with Crippen molar-refractivity contribution in [2.75, 3.05) is 48.0 Å². The largest absolute Gasteiger partial charge is 0.365 e. The van der Waals surface area contributed by atoms with Gasteiger partial charge < -0.3 is 19.7 Å². The third kappa shape index (κ3) is 3.31. The summed E-state index contributed by atoms with van der Waals surface area (Å²) in [5.74, 6) is 1.06. The molecule has 1 unspecified atom stereocenters. The molecule has 3 saturated heterocycles. The molecule has 132 valence electrons. The van der Waals surface area contributed by atoms with Crippen LogP contribution < -0.4 is 10.2 Å². The first-order valence-corrected chi connectivity index (χ1v) is 10.1. The lowest BCUT2D eigenvalue weighted by Gasteiger charge is -2.37. The lowest BCUT2D eigenvalue weighted by atomic mass is 10.0. The van der Waals surface area contributed by atoms with Crippen molar-refractivity contribution in [1.29, 1.82) is 0 Å². The Balaban J connectivity index is 1.40. The predicted molar refractivity (Wildman–Crippen MR) is 86.6 cm³/mol. The molecule has 4 heterocycles. The highest BCUT2D eigenvalue weighted by Gasteiger charge is 2.40. The van der Waals surface area contributed by atoms with E-state index < -0.39 is 15.6 Å². The first kappa shape index (κ1) is 16.0. The van der Waals surface area contributed by atoms with Crippen LogP contribution in [0, 0.1) is 0 Å². The van der Waals surface area contributed by atoms with Gasteiger partial charge in [0.25, 0.3) is 0 Å². The SMILES string of the molecule is O=S1(=O)CCC(Nc2cnnc(N3CCC4(CC3)OCCO4)n2)C1. The number of hydrogen-bond acceptors (Lipinski definition) is 9. The molecule has 1 aromatic heterocycles. The zero-order valence-electron chi connectivity index (χ0n) is 13.3. The van der Waals surface area contributed by atoms with Crippen molar-refractivity contribution in [3.05, 3.63) is 6.20 Å². The van der Waals surface area contributed by atoms with Gasteiger partial charge in [-0.15, -0.1) is 5.10 Å². The van der Waals surface area contributed by atoms with Crippen molar-refractivity contribution in [2.24, 2.45) is 0 Å². The van der Waals surface area contributed by atoms with Gasteiger partial charge in [0.15, 0.2) is 21.4 Å². The van der Waals surface area contributed by atoms with Gasteiger partial charge in [-0.1, -0.05) is 0 Å². The van der Waals surface area contributed by atoms with Crippen LogP contribution in [0.2, 0.25) is 0 Å². The summed E-state index contributed by atoms with van der Waals surface area (Å²) in [4.78, 5) is 6.54. The van der Waals surface area contributed by atoms with E-state index in [4.69, 9.17) is 9.47 Å². The fourth-order valence-electron chi connectivity index (χ4n) is 3.45. The van der Waals surface area contributed by atoms with E-state index in [0.717, 1.165) is 25.9 Å². The Labute approximate surface area is 140 Å². The van der Waals surface area contributed by atoms with Crippen LogP contribution in [0.4, 0.5) is 11.8 Å².